The number of ether oxygens (including phenoxy) is 1. The number of anilines is 1. The maximum atomic E-state index is 12.8. The minimum atomic E-state index is -3.57. The molecule has 1 saturated heterocycles. The highest BCUT2D eigenvalue weighted by atomic mass is 32.2. The normalized spacial score (nSPS) is 14.5. The minimum absolute atomic E-state index is 0.123. The molecule has 0 saturated carbocycles. The summed E-state index contributed by atoms with van der Waals surface area (Å²) in [6, 6.07) is 11.8. The maximum absolute atomic E-state index is 12.8. The molecule has 192 valence electrons. The number of aromatic amines is 1. The molecule has 0 atom stereocenters. The van der Waals surface area contributed by atoms with E-state index in [9.17, 15) is 18.3 Å². The van der Waals surface area contributed by atoms with Gasteiger partial charge in [-0.15, -0.1) is 11.3 Å². The van der Waals surface area contributed by atoms with Crippen molar-refractivity contribution in [2.75, 3.05) is 31.6 Å². The summed E-state index contributed by atoms with van der Waals surface area (Å²) in [5.74, 6) is -0.298. The van der Waals surface area contributed by atoms with Gasteiger partial charge in [0.05, 0.1) is 29.5 Å². The van der Waals surface area contributed by atoms with Gasteiger partial charge in [0, 0.05) is 29.6 Å². The Morgan fingerprint density at radius 3 is 2.57 bits per heavy atom. The molecule has 3 heterocycles. The van der Waals surface area contributed by atoms with E-state index in [1.165, 1.54) is 15.6 Å². The number of phenols is 1. The second-order valence-electron chi connectivity index (χ2n) is 8.68. The molecule has 10 nitrogen and oxygen atoms in total. The van der Waals surface area contributed by atoms with Crippen LogP contribution in [-0.4, -0.2) is 65.2 Å². The topological polar surface area (TPSA) is 138 Å². The van der Waals surface area contributed by atoms with E-state index < -0.39 is 15.9 Å². The lowest BCUT2D eigenvalue weighted by molar-refractivity contribution is 0.0730. The highest BCUT2D eigenvalue weighted by molar-refractivity contribution is 7.89. The van der Waals surface area contributed by atoms with Crippen LogP contribution in [-0.2, 0) is 14.8 Å². The van der Waals surface area contributed by atoms with Crippen LogP contribution in [0.5, 0.6) is 5.75 Å². The highest BCUT2D eigenvalue weighted by Gasteiger charge is 2.26. The molecule has 1 amide bonds. The molecule has 1 aliphatic heterocycles. The van der Waals surface area contributed by atoms with E-state index in [0.29, 0.717) is 48.4 Å². The number of H-pyrrole nitrogens is 1. The van der Waals surface area contributed by atoms with Crippen molar-refractivity contribution in [2.45, 2.75) is 18.7 Å². The van der Waals surface area contributed by atoms with Crippen molar-refractivity contribution in [3.63, 3.8) is 0 Å². The average Bonchev–Trinajstić information content (AvgIpc) is 3.57. The third-order valence-corrected chi connectivity index (χ3v) is 8.70. The van der Waals surface area contributed by atoms with Gasteiger partial charge in [-0.25, -0.2) is 13.4 Å². The van der Waals surface area contributed by atoms with Crippen molar-refractivity contribution in [1.82, 2.24) is 19.5 Å². The molecule has 0 aliphatic carbocycles. The number of aromatic hydroxyl groups is 1. The van der Waals surface area contributed by atoms with Crippen molar-refractivity contribution >= 4 is 32.4 Å². The molecule has 3 N–H and O–H groups in total. The van der Waals surface area contributed by atoms with Gasteiger partial charge < -0.3 is 9.84 Å². The fraction of sp³-hybridized carbons (Fsp3) is 0.240. The molecule has 1 fully saturated rings. The number of carbonyl (C=O) groups is 1. The summed E-state index contributed by atoms with van der Waals surface area (Å²) in [6.45, 7) is 5.18. The molecular formula is C25H25N5O5S2. The Kier molecular flexibility index (Phi) is 6.82. The van der Waals surface area contributed by atoms with Gasteiger partial charge in [-0.1, -0.05) is 18.2 Å². The van der Waals surface area contributed by atoms with Gasteiger partial charge in [0.25, 0.3) is 5.91 Å². The lowest BCUT2D eigenvalue weighted by Crippen LogP contribution is -2.40. The van der Waals surface area contributed by atoms with E-state index in [-0.39, 0.29) is 16.3 Å². The Bertz CT molecular complexity index is 1550. The van der Waals surface area contributed by atoms with Crippen molar-refractivity contribution < 1.29 is 23.1 Å². The van der Waals surface area contributed by atoms with Crippen molar-refractivity contribution in [1.29, 1.82) is 0 Å². The number of hydrogen-bond acceptors (Lipinski definition) is 8. The van der Waals surface area contributed by atoms with Crippen LogP contribution in [0.1, 0.15) is 21.6 Å². The summed E-state index contributed by atoms with van der Waals surface area (Å²) in [6.07, 6.45) is 0. The highest BCUT2D eigenvalue weighted by Crippen LogP contribution is 2.32. The number of thiazole rings is 1. The zero-order chi connectivity index (χ0) is 26.2. The van der Waals surface area contributed by atoms with Crippen LogP contribution < -0.4 is 5.32 Å². The van der Waals surface area contributed by atoms with Gasteiger partial charge in [-0.05, 0) is 49.2 Å². The fourth-order valence-corrected chi connectivity index (χ4v) is 6.22. The first-order valence-corrected chi connectivity index (χ1v) is 13.9. The minimum Gasteiger partial charge on any atom is -0.507 e. The molecule has 0 bridgehead atoms. The predicted octanol–water partition coefficient (Wildman–Crippen LogP) is 3.80. The molecule has 2 aromatic heterocycles. The Labute approximate surface area is 218 Å². The maximum Gasteiger partial charge on any atom is 0.275 e. The number of morpholine rings is 1. The summed E-state index contributed by atoms with van der Waals surface area (Å²) >= 11 is 1.25. The predicted molar refractivity (Wildman–Crippen MR) is 140 cm³/mol. The molecule has 5 rings (SSSR count). The molecule has 37 heavy (non-hydrogen) atoms. The quantitative estimate of drug-likeness (QED) is 0.339. The van der Waals surface area contributed by atoms with Crippen molar-refractivity contribution in [2.24, 2.45) is 0 Å². The van der Waals surface area contributed by atoms with Crippen LogP contribution in [0.2, 0.25) is 0 Å². The monoisotopic (exact) mass is 539 g/mol. The Morgan fingerprint density at radius 1 is 1.11 bits per heavy atom. The van der Waals surface area contributed by atoms with E-state index in [2.05, 4.69) is 20.5 Å². The number of nitrogens with zero attached hydrogens (tertiary/aromatic N) is 3. The second-order valence-corrected chi connectivity index (χ2v) is 11.5. The summed E-state index contributed by atoms with van der Waals surface area (Å²) in [4.78, 5) is 17.5. The number of benzene rings is 2. The van der Waals surface area contributed by atoms with E-state index in [1.807, 2.05) is 26.0 Å². The number of amides is 1. The molecule has 2 aromatic carbocycles. The first-order chi connectivity index (χ1) is 17.7. The number of phenolic OH excluding ortho intramolecular Hbond substituents is 1. The molecule has 0 unspecified atom stereocenters. The number of aryl methyl sites for hydroxylation is 2. The SMILES string of the molecule is Cc1cc(C)c(O)c(-c2cc(C(=O)Nc3nc(-c4ccc(S(=O)(=O)N5CCOCC5)cc4)cs3)[nH]n2)c1. The molecule has 0 radical (unpaired) electrons. The van der Waals surface area contributed by atoms with E-state index in [4.69, 9.17) is 4.74 Å². The Balaban J connectivity index is 1.28. The average molecular weight is 540 g/mol. The van der Waals surface area contributed by atoms with E-state index in [1.54, 1.807) is 35.7 Å². The number of carbonyl (C=O) groups excluding carboxylic acids is 1. The lowest BCUT2D eigenvalue weighted by Gasteiger charge is -2.26. The number of sulfonamides is 1. The number of rotatable bonds is 6. The Morgan fingerprint density at radius 2 is 1.84 bits per heavy atom. The zero-order valence-electron chi connectivity index (χ0n) is 20.2. The van der Waals surface area contributed by atoms with Crippen LogP contribution in [0.3, 0.4) is 0 Å². The third-order valence-electron chi connectivity index (χ3n) is 6.03. The number of hydrogen-bond donors (Lipinski definition) is 3. The fourth-order valence-electron chi connectivity index (χ4n) is 4.09. The van der Waals surface area contributed by atoms with Gasteiger partial charge >= 0.3 is 0 Å². The smallest absolute Gasteiger partial charge is 0.275 e. The van der Waals surface area contributed by atoms with Gasteiger partial charge in [-0.2, -0.15) is 9.40 Å². The molecule has 4 aromatic rings. The Hall–Kier alpha value is -3.58. The van der Waals surface area contributed by atoms with Crippen molar-refractivity contribution in [3.8, 4) is 28.3 Å². The van der Waals surface area contributed by atoms with E-state index in [0.717, 1.165) is 16.7 Å². The van der Waals surface area contributed by atoms with Gasteiger partial charge in [0.1, 0.15) is 11.4 Å². The van der Waals surface area contributed by atoms with E-state index >= 15 is 0 Å². The van der Waals surface area contributed by atoms with Gasteiger partial charge in [-0.3, -0.25) is 15.2 Å². The summed E-state index contributed by atoms with van der Waals surface area (Å²) in [5, 5.41) is 22.2. The number of aromatic nitrogens is 3. The standard InChI is InChI=1S/C25H25N5O5S2/c1-15-11-16(2)23(31)19(12-15)20-13-21(29-28-20)24(32)27-25-26-22(14-36-25)17-3-5-18(6-4-17)37(33,34)30-7-9-35-10-8-30/h3-6,11-14,31H,7-10H2,1-2H3,(H,28,29)(H,26,27,32). The van der Waals surface area contributed by atoms with Crippen LogP contribution >= 0.6 is 11.3 Å². The molecule has 12 heteroatoms. The summed E-state index contributed by atoms with van der Waals surface area (Å²) in [7, 11) is -3.57. The third kappa shape index (κ3) is 5.14. The zero-order valence-corrected chi connectivity index (χ0v) is 21.8. The van der Waals surface area contributed by atoms with Crippen LogP contribution in [0.4, 0.5) is 5.13 Å². The largest absolute Gasteiger partial charge is 0.507 e. The summed E-state index contributed by atoms with van der Waals surface area (Å²) < 4.78 is 32.3. The number of nitrogens with one attached hydrogen (secondary N) is 2. The summed E-state index contributed by atoms with van der Waals surface area (Å²) in [5.41, 5.74) is 4.27. The van der Waals surface area contributed by atoms with Crippen molar-refractivity contribution in [3.05, 3.63) is 64.7 Å². The van der Waals surface area contributed by atoms with Crippen LogP contribution in [0.15, 0.2) is 52.7 Å². The second kappa shape index (κ2) is 10.1. The first-order valence-electron chi connectivity index (χ1n) is 11.5. The van der Waals surface area contributed by atoms with Crippen LogP contribution in [0, 0.1) is 13.8 Å². The molecule has 0 spiro atoms. The molecule has 1 aliphatic rings. The lowest BCUT2D eigenvalue weighted by atomic mass is 10.0. The van der Waals surface area contributed by atoms with Crippen LogP contribution in [0.25, 0.3) is 22.5 Å². The molecular weight excluding hydrogens is 514 g/mol. The first kappa shape index (κ1) is 25.1. The van der Waals surface area contributed by atoms with Gasteiger partial charge in [0.2, 0.25) is 10.0 Å². The van der Waals surface area contributed by atoms with Gasteiger partial charge in [0.15, 0.2) is 5.13 Å².